The van der Waals surface area contributed by atoms with Crippen LogP contribution in [-0.2, 0) is 23.9 Å². The Hall–Kier alpha value is -3.43. The van der Waals surface area contributed by atoms with Crippen LogP contribution in [0.4, 0.5) is 16.2 Å². The number of benzene rings is 1. The highest BCUT2D eigenvalue weighted by molar-refractivity contribution is 6.14. The molecule has 2 fully saturated rings. The molecule has 1 saturated carbocycles. The molecule has 0 unspecified atom stereocenters. The first-order valence-electron chi connectivity index (χ1n) is 11.1. The number of anilines is 2. The lowest BCUT2D eigenvalue weighted by Crippen LogP contribution is -2.59. The van der Waals surface area contributed by atoms with Gasteiger partial charge in [0, 0.05) is 0 Å². The zero-order chi connectivity index (χ0) is 24.0. The molecule has 0 radical (unpaired) electrons. The minimum atomic E-state index is -1.20. The molecule has 2 N–H and O–H groups in total. The molecule has 0 aromatic heterocycles. The largest absolute Gasteiger partial charge is 0.454 e. The standard InChI is InChI=1S/C23H28N4O6/c1-14-8-6-7-11-23(14)20(31)26(21(32)25-23)12-18(29)33-13-17(28)27-16-10-5-4-9-15(16)24-19(30)22(27,2)3/h4-5,9-10,14H,6-8,11-13H2,1-3H3,(H,24,30)(H,25,32)/t14-,23+/m1/s1. The van der Waals surface area contributed by atoms with E-state index in [9.17, 15) is 24.0 Å². The van der Waals surface area contributed by atoms with Gasteiger partial charge in [-0.3, -0.25) is 29.0 Å². The summed E-state index contributed by atoms with van der Waals surface area (Å²) in [4.78, 5) is 65.6. The van der Waals surface area contributed by atoms with E-state index in [1.807, 2.05) is 6.92 Å². The number of urea groups is 1. The lowest BCUT2D eigenvalue weighted by Gasteiger charge is -2.41. The Labute approximate surface area is 191 Å². The van der Waals surface area contributed by atoms with Crippen molar-refractivity contribution in [3.63, 3.8) is 0 Å². The second kappa shape index (κ2) is 8.17. The van der Waals surface area contributed by atoms with Crippen molar-refractivity contribution in [2.24, 2.45) is 5.92 Å². The number of rotatable bonds is 4. The average molecular weight is 456 g/mol. The van der Waals surface area contributed by atoms with Crippen molar-refractivity contribution in [2.45, 2.75) is 57.5 Å². The van der Waals surface area contributed by atoms with Gasteiger partial charge in [0.1, 0.15) is 17.6 Å². The minimum Gasteiger partial charge on any atom is -0.454 e. The Balaban J connectivity index is 1.42. The number of carbonyl (C=O) groups excluding carboxylic acids is 5. The van der Waals surface area contributed by atoms with E-state index in [2.05, 4.69) is 10.6 Å². The summed E-state index contributed by atoms with van der Waals surface area (Å²) in [5, 5.41) is 5.54. The summed E-state index contributed by atoms with van der Waals surface area (Å²) >= 11 is 0. The summed E-state index contributed by atoms with van der Waals surface area (Å²) in [5.74, 6) is -2.29. The van der Waals surface area contributed by atoms with Crippen molar-refractivity contribution < 1.29 is 28.7 Å². The van der Waals surface area contributed by atoms with Crippen LogP contribution >= 0.6 is 0 Å². The molecule has 1 saturated heterocycles. The van der Waals surface area contributed by atoms with Gasteiger partial charge in [0.25, 0.3) is 11.8 Å². The van der Waals surface area contributed by atoms with Gasteiger partial charge in [0.05, 0.1) is 11.4 Å². The Morgan fingerprint density at radius 3 is 2.61 bits per heavy atom. The molecular weight excluding hydrogens is 428 g/mol. The number of hydrogen-bond acceptors (Lipinski definition) is 6. The van der Waals surface area contributed by atoms with E-state index in [1.165, 1.54) is 4.90 Å². The summed E-state index contributed by atoms with van der Waals surface area (Å²) < 4.78 is 5.13. The molecule has 1 spiro atoms. The van der Waals surface area contributed by atoms with Crippen LogP contribution in [0.1, 0.15) is 46.5 Å². The van der Waals surface area contributed by atoms with Gasteiger partial charge < -0.3 is 15.4 Å². The molecule has 0 bridgehead atoms. The Morgan fingerprint density at radius 1 is 1.15 bits per heavy atom. The van der Waals surface area contributed by atoms with E-state index >= 15 is 0 Å². The zero-order valence-electron chi connectivity index (χ0n) is 19.0. The van der Waals surface area contributed by atoms with E-state index in [4.69, 9.17) is 4.74 Å². The number of hydrogen-bond donors (Lipinski definition) is 2. The third-order valence-corrected chi connectivity index (χ3v) is 6.90. The molecule has 2 atom stereocenters. The topological polar surface area (TPSA) is 125 Å². The SMILES string of the molecule is C[C@@H]1CCCC[C@]12NC(=O)N(CC(=O)OCC(=O)N1c3ccccc3NC(=O)C1(C)C)C2=O. The first-order chi connectivity index (χ1) is 15.6. The maximum atomic E-state index is 13.0. The molecule has 10 heteroatoms. The first-order valence-corrected chi connectivity index (χ1v) is 11.1. The Morgan fingerprint density at radius 2 is 1.88 bits per heavy atom. The van der Waals surface area contributed by atoms with Gasteiger partial charge in [-0.15, -0.1) is 0 Å². The maximum Gasteiger partial charge on any atom is 0.326 e. The molecule has 4 rings (SSSR count). The summed E-state index contributed by atoms with van der Waals surface area (Å²) in [6.45, 7) is 3.90. The molecule has 5 amide bonds. The third-order valence-electron chi connectivity index (χ3n) is 6.90. The molecule has 2 aliphatic heterocycles. The predicted molar refractivity (Wildman–Crippen MR) is 118 cm³/mol. The minimum absolute atomic E-state index is 0.0298. The van der Waals surface area contributed by atoms with Crippen molar-refractivity contribution in [3.8, 4) is 0 Å². The predicted octanol–water partition coefficient (Wildman–Crippen LogP) is 1.79. The number of imide groups is 1. The summed E-state index contributed by atoms with van der Waals surface area (Å²) in [7, 11) is 0. The molecule has 10 nitrogen and oxygen atoms in total. The molecule has 1 aromatic carbocycles. The second-order valence-electron chi connectivity index (χ2n) is 9.36. The van der Waals surface area contributed by atoms with E-state index in [-0.39, 0.29) is 11.8 Å². The van der Waals surface area contributed by atoms with E-state index in [1.54, 1.807) is 38.1 Å². The fraction of sp³-hybridized carbons (Fsp3) is 0.522. The van der Waals surface area contributed by atoms with Crippen LogP contribution < -0.4 is 15.5 Å². The number of amides is 5. The van der Waals surface area contributed by atoms with Gasteiger partial charge in [-0.25, -0.2) is 4.79 Å². The van der Waals surface area contributed by atoms with Crippen LogP contribution in [0.3, 0.4) is 0 Å². The molecule has 2 heterocycles. The van der Waals surface area contributed by atoms with Gasteiger partial charge in [0.2, 0.25) is 5.91 Å². The smallest absolute Gasteiger partial charge is 0.326 e. The molecule has 1 aromatic rings. The number of carbonyl (C=O) groups is 5. The molecular formula is C23H28N4O6. The number of para-hydroxylation sites is 2. The first kappa shape index (κ1) is 22.8. The van der Waals surface area contributed by atoms with Crippen LogP contribution in [0.15, 0.2) is 24.3 Å². The van der Waals surface area contributed by atoms with Crippen LogP contribution in [0, 0.1) is 5.92 Å². The summed E-state index contributed by atoms with van der Waals surface area (Å²) in [6.07, 6.45) is 3.17. The average Bonchev–Trinajstić information content (AvgIpc) is 3.00. The van der Waals surface area contributed by atoms with E-state index in [0.29, 0.717) is 17.8 Å². The molecule has 176 valence electrons. The van der Waals surface area contributed by atoms with Crippen molar-refractivity contribution in [1.29, 1.82) is 0 Å². The van der Waals surface area contributed by atoms with Crippen LogP contribution in [0.5, 0.6) is 0 Å². The maximum absolute atomic E-state index is 13.0. The fourth-order valence-corrected chi connectivity index (χ4v) is 4.92. The Bertz CT molecular complexity index is 1040. The Kier molecular flexibility index (Phi) is 5.63. The van der Waals surface area contributed by atoms with Crippen molar-refractivity contribution in [2.75, 3.05) is 23.4 Å². The normalized spacial score (nSPS) is 26.0. The second-order valence-corrected chi connectivity index (χ2v) is 9.36. The van der Waals surface area contributed by atoms with E-state index < -0.39 is 48.0 Å². The van der Waals surface area contributed by atoms with Crippen LogP contribution in [-0.4, -0.2) is 58.9 Å². The van der Waals surface area contributed by atoms with E-state index in [0.717, 1.165) is 24.2 Å². The van der Waals surface area contributed by atoms with Crippen molar-refractivity contribution >= 4 is 41.1 Å². The highest BCUT2D eigenvalue weighted by atomic mass is 16.5. The monoisotopic (exact) mass is 456 g/mol. The van der Waals surface area contributed by atoms with Gasteiger partial charge in [-0.2, -0.15) is 0 Å². The number of nitrogens with one attached hydrogen (secondary N) is 2. The molecule has 3 aliphatic rings. The lowest BCUT2D eigenvalue weighted by atomic mass is 9.73. The number of esters is 1. The molecule has 33 heavy (non-hydrogen) atoms. The quantitative estimate of drug-likeness (QED) is 0.526. The third kappa shape index (κ3) is 3.73. The van der Waals surface area contributed by atoms with Gasteiger partial charge in [-0.05, 0) is 44.7 Å². The highest BCUT2D eigenvalue weighted by Crippen LogP contribution is 2.38. The van der Waals surface area contributed by atoms with Crippen molar-refractivity contribution in [1.82, 2.24) is 10.2 Å². The van der Waals surface area contributed by atoms with Crippen molar-refractivity contribution in [3.05, 3.63) is 24.3 Å². The van der Waals surface area contributed by atoms with Crippen LogP contribution in [0.25, 0.3) is 0 Å². The summed E-state index contributed by atoms with van der Waals surface area (Å²) in [5.41, 5.74) is -1.20. The molecule has 1 aliphatic carbocycles. The fourth-order valence-electron chi connectivity index (χ4n) is 4.92. The van der Waals surface area contributed by atoms with Gasteiger partial charge in [0.15, 0.2) is 6.61 Å². The van der Waals surface area contributed by atoms with Crippen LogP contribution in [0.2, 0.25) is 0 Å². The number of nitrogens with zero attached hydrogens (tertiary/aromatic N) is 2. The zero-order valence-corrected chi connectivity index (χ0v) is 19.0. The number of ether oxygens (including phenoxy) is 1. The summed E-state index contributed by atoms with van der Waals surface area (Å²) in [6, 6.07) is 6.21. The lowest BCUT2D eigenvalue weighted by molar-refractivity contribution is -0.151. The van der Waals surface area contributed by atoms with Gasteiger partial charge in [-0.1, -0.05) is 31.9 Å². The number of fused-ring (bicyclic) bond motifs is 1. The highest BCUT2D eigenvalue weighted by Gasteiger charge is 2.55. The van der Waals surface area contributed by atoms with Gasteiger partial charge >= 0.3 is 12.0 Å².